The molecule has 17 heavy (non-hydrogen) atoms. The van der Waals surface area contributed by atoms with Crippen molar-refractivity contribution in [3.63, 3.8) is 0 Å². The summed E-state index contributed by atoms with van der Waals surface area (Å²) in [6, 6.07) is 3.66. The van der Waals surface area contributed by atoms with Gasteiger partial charge in [0.25, 0.3) is 5.91 Å². The summed E-state index contributed by atoms with van der Waals surface area (Å²) >= 11 is 18.0. The molecule has 3 rings (SSSR count). The Kier molecular flexibility index (Phi) is 2.75. The van der Waals surface area contributed by atoms with Crippen LogP contribution in [-0.4, -0.2) is 29.5 Å². The number of hydrogen-bond donors (Lipinski definition) is 1. The van der Waals surface area contributed by atoms with Gasteiger partial charge in [-0.1, -0.05) is 29.3 Å². The molecule has 90 valence electrons. The Morgan fingerprint density at radius 1 is 1.29 bits per heavy atom. The summed E-state index contributed by atoms with van der Waals surface area (Å²) in [5.41, 5.74) is 1.43. The molecule has 0 unspecified atom stereocenters. The van der Waals surface area contributed by atoms with Crippen molar-refractivity contribution in [2.75, 3.05) is 13.1 Å². The van der Waals surface area contributed by atoms with Crippen LogP contribution in [0.25, 0.3) is 0 Å². The number of hydrogen-bond acceptors (Lipinski definition) is 2. The zero-order valence-electron chi connectivity index (χ0n) is 8.71. The number of carbonyl (C=O) groups excluding carboxylic acids is 1. The van der Waals surface area contributed by atoms with Gasteiger partial charge in [0.15, 0.2) is 0 Å². The van der Waals surface area contributed by atoms with Gasteiger partial charge in [-0.15, -0.1) is 0 Å². The van der Waals surface area contributed by atoms with Gasteiger partial charge in [0.1, 0.15) is 0 Å². The molecule has 2 aliphatic rings. The molecule has 0 spiro atoms. The number of carbonyl (C=O) groups is 1. The van der Waals surface area contributed by atoms with Crippen molar-refractivity contribution in [1.29, 1.82) is 0 Å². The number of benzene rings is 1. The molecular formula is C11H9Cl3N2O. The maximum absolute atomic E-state index is 12.0. The minimum atomic E-state index is -0.166. The lowest BCUT2D eigenvalue weighted by molar-refractivity contribution is 0.0924. The van der Waals surface area contributed by atoms with Crippen LogP contribution in [0.15, 0.2) is 12.1 Å². The zero-order chi connectivity index (χ0) is 12.2. The molecule has 1 N–H and O–H groups in total. The van der Waals surface area contributed by atoms with E-state index < -0.39 is 0 Å². The van der Waals surface area contributed by atoms with Crippen molar-refractivity contribution >= 4 is 40.9 Å². The molecule has 1 amide bonds. The van der Waals surface area contributed by atoms with Crippen LogP contribution in [0, 0.1) is 0 Å². The molecule has 6 heteroatoms. The van der Waals surface area contributed by atoms with Crippen LogP contribution in [0.2, 0.25) is 10.0 Å². The van der Waals surface area contributed by atoms with E-state index in [4.69, 9.17) is 35.0 Å². The quantitative estimate of drug-likeness (QED) is 0.745. The summed E-state index contributed by atoms with van der Waals surface area (Å²) in [5, 5.41) is 3.65. The number of rotatable bonds is 0. The molecule has 0 radical (unpaired) electrons. The molecule has 2 atom stereocenters. The first kappa shape index (κ1) is 11.6. The zero-order valence-corrected chi connectivity index (χ0v) is 11.0. The predicted octanol–water partition coefficient (Wildman–Crippen LogP) is 2.66. The first-order chi connectivity index (χ1) is 8.08. The summed E-state index contributed by atoms with van der Waals surface area (Å²) in [6.07, 6.45) is 0. The molecule has 0 aliphatic carbocycles. The second-order valence-corrected chi connectivity index (χ2v) is 5.60. The molecule has 1 aromatic carbocycles. The van der Waals surface area contributed by atoms with Gasteiger partial charge in [-0.25, -0.2) is 4.42 Å². The molecule has 1 saturated heterocycles. The van der Waals surface area contributed by atoms with E-state index in [0.29, 0.717) is 28.7 Å². The second-order valence-electron chi connectivity index (χ2n) is 4.34. The maximum atomic E-state index is 12.0. The lowest BCUT2D eigenvalue weighted by Gasteiger charge is -2.28. The Morgan fingerprint density at radius 3 is 2.82 bits per heavy atom. The minimum absolute atomic E-state index is 0.0599. The highest BCUT2D eigenvalue weighted by Crippen LogP contribution is 2.39. The standard InChI is InChI=1S/C11H9Cl3N2O/c12-7-2-1-5-6-3-16(14)4-8(6)15-11(17)9(5)10(7)13/h1-2,6,8H,3-4H2,(H,15,17)/t6-,8+/m1/s1. The topological polar surface area (TPSA) is 32.3 Å². The van der Waals surface area contributed by atoms with E-state index in [1.54, 1.807) is 10.5 Å². The fourth-order valence-electron chi connectivity index (χ4n) is 2.56. The number of nitrogens with one attached hydrogen (secondary N) is 1. The van der Waals surface area contributed by atoms with E-state index >= 15 is 0 Å². The molecule has 2 heterocycles. The van der Waals surface area contributed by atoms with Crippen LogP contribution >= 0.6 is 35.0 Å². The van der Waals surface area contributed by atoms with Crippen LogP contribution < -0.4 is 5.32 Å². The van der Waals surface area contributed by atoms with E-state index in [2.05, 4.69) is 5.32 Å². The third kappa shape index (κ3) is 1.73. The van der Waals surface area contributed by atoms with Crippen molar-refractivity contribution in [2.45, 2.75) is 12.0 Å². The summed E-state index contributed by atoms with van der Waals surface area (Å²) in [7, 11) is 0. The number of fused-ring (bicyclic) bond motifs is 3. The number of nitrogens with zero attached hydrogens (tertiary/aromatic N) is 1. The van der Waals surface area contributed by atoms with Crippen molar-refractivity contribution in [2.24, 2.45) is 0 Å². The molecule has 0 aromatic heterocycles. The first-order valence-corrected chi connectivity index (χ1v) is 6.37. The molecular weight excluding hydrogens is 282 g/mol. The number of amides is 1. The third-order valence-electron chi connectivity index (χ3n) is 3.35. The van der Waals surface area contributed by atoms with Gasteiger partial charge in [-0.2, -0.15) is 0 Å². The van der Waals surface area contributed by atoms with Crippen molar-refractivity contribution in [3.8, 4) is 0 Å². The third-order valence-corrected chi connectivity index (χ3v) is 4.43. The lowest BCUT2D eigenvalue weighted by atomic mass is 9.86. The summed E-state index contributed by atoms with van der Waals surface area (Å²) in [4.78, 5) is 12.0. The van der Waals surface area contributed by atoms with Crippen LogP contribution in [0.1, 0.15) is 21.8 Å². The Bertz CT molecular complexity index is 506. The van der Waals surface area contributed by atoms with Gasteiger partial charge in [-0.3, -0.25) is 4.79 Å². The van der Waals surface area contributed by atoms with Crippen molar-refractivity contribution in [1.82, 2.24) is 9.74 Å². The van der Waals surface area contributed by atoms with Crippen molar-refractivity contribution in [3.05, 3.63) is 33.3 Å². The first-order valence-electron chi connectivity index (χ1n) is 5.27. The minimum Gasteiger partial charge on any atom is -0.347 e. The Morgan fingerprint density at radius 2 is 2.06 bits per heavy atom. The lowest BCUT2D eigenvalue weighted by Crippen LogP contribution is -2.44. The molecule has 1 aromatic rings. The molecule has 0 saturated carbocycles. The normalized spacial score (nSPS) is 27.6. The number of halogens is 3. The maximum Gasteiger partial charge on any atom is 0.253 e. The van der Waals surface area contributed by atoms with E-state index in [9.17, 15) is 4.79 Å². The average Bonchev–Trinajstić information content (AvgIpc) is 2.63. The van der Waals surface area contributed by atoms with Gasteiger partial charge in [0.05, 0.1) is 21.7 Å². The van der Waals surface area contributed by atoms with Gasteiger partial charge >= 0.3 is 0 Å². The second kappa shape index (κ2) is 4.02. The fraction of sp³-hybridized carbons (Fsp3) is 0.364. The monoisotopic (exact) mass is 290 g/mol. The van der Waals surface area contributed by atoms with E-state index in [1.165, 1.54) is 0 Å². The van der Waals surface area contributed by atoms with Gasteiger partial charge < -0.3 is 5.32 Å². The molecule has 0 bridgehead atoms. The molecule has 3 nitrogen and oxygen atoms in total. The van der Waals surface area contributed by atoms with Gasteiger partial charge in [0.2, 0.25) is 0 Å². The van der Waals surface area contributed by atoms with Crippen LogP contribution in [0.3, 0.4) is 0 Å². The van der Waals surface area contributed by atoms with Gasteiger partial charge in [0, 0.05) is 19.0 Å². The summed E-state index contributed by atoms with van der Waals surface area (Å²) in [5.74, 6) is 0.0238. The van der Waals surface area contributed by atoms with E-state index in [0.717, 1.165) is 5.56 Å². The van der Waals surface area contributed by atoms with Crippen LogP contribution in [0.5, 0.6) is 0 Å². The van der Waals surface area contributed by atoms with Crippen LogP contribution in [-0.2, 0) is 0 Å². The average molecular weight is 292 g/mol. The molecule has 2 aliphatic heterocycles. The Balaban J connectivity index is 2.15. The predicted molar refractivity (Wildman–Crippen MR) is 67.9 cm³/mol. The highest BCUT2D eigenvalue weighted by Gasteiger charge is 2.41. The summed E-state index contributed by atoms with van der Waals surface area (Å²) in [6.45, 7) is 1.36. The van der Waals surface area contributed by atoms with E-state index in [-0.39, 0.29) is 17.9 Å². The smallest absolute Gasteiger partial charge is 0.253 e. The van der Waals surface area contributed by atoms with Crippen LogP contribution in [0.4, 0.5) is 0 Å². The van der Waals surface area contributed by atoms with E-state index in [1.807, 2.05) is 6.07 Å². The van der Waals surface area contributed by atoms with Crippen molar-refractivity contribution < 1.29 is 4.79 Å². The largest absolute Gasteiger partial charge is 0.347 e. The summed E-state index contributed by atoms with van der Waals surface area (Å²) < 4.78 is 1.69. The fourth-order valence-corrected chi connectivity index (χ4v) is 3.28. The highest BCUT2D eigenvalue weighted by atomic mass is 35.5. The Hall–Kier alpha value is -0.480. The Labute approximate surface area is 114 Å². The highest BCUT2D eigenvalue weighted by molar-refractivity contribution is 6.44. The SMILES string of the molecule is O=C1N[C@H]2CN(Cl)C[C@@H]2c2ccc(Cl)c(Cl)c21. The van der Waals surface area contributed by atoms with Gasteiger partial charge in [-0.05, 0) is 23.4 Å². The molecule has 1 fully saturated rings.